The average Bonchev–Trinajstić information content (AvgIpc) is 2.14. The zero-order valence-corrected chi connectivity index (χ0v) is 10.4. The van der Waals surface area contributed by atoms with Gasteiger partial charge in [0.25, 0.3) is 14.7 Å². The van der Waals surface area contributed by atoms with Crippen molar-refractivity contribution in [2.45, 2.75) is 18.2 Å². The quantitative estimate of drug-likeness (QED) is 0.485. The number of nitro benzene ring substituents is 1. The number of nitro groups is 1. The lowest BCUT2D eigenvalue weighted by Gasteiger charge is -2.06. The lowest BCUT2D eigenvalue weighted by Crippen LogP contribution is -2.01. The van der Waals surface area contributed by atoms with Gasteiger partial charge in [0, 0.05) is 16.7 Å². The molecule has 0 heterocycles. The van der Waals surface area contributed by atoms with Gasteiger partial charge in [-0.15, -0.1) is 0 Å². The third-order valence-corrected chi connectivity index (χ3v) is 3.89. The first-order valence-electron chi connectivity index (χ1n) is 4.19. The number of rotatable bonds is 3. The molecule has 0 saturated carbocycles. The summed E-state index contributed by atoms with van der Waals surface area (Å²) in [6.07, 6.45) is 0.360. The van der Waals surface area contributed by atoms with Crippen molar-refractivity contribution in [3.05, 3.63) is 32.8 Å². The lowest BCUT2D eigenvalue weighted by molar-refractivity contribution is -0.384. The molecule has 0 aliphatic carbocycles. The molecule has 0 aromatic heterocycles. The van der Waals surface area contributed by atoms with E-state index in [0.29, 0.717) is 12.0 Å². The highest BCUT2D eigenvalue weighted by Crippen LogP contribution is 2.35. The molecule has 0 N–H and O–H groups in total. The van der Waals surface area contributed by atoms with Gasteiger partial charge in [-0.3, -0.25) is 10.1 Å². The van der Waals surface area contributed by atoms with Crippen LogP contribution in [-0.2, 0) is 15.5 Å². The van der Waals surface area contributed by atoms with Crippen molar-refractivity contribution in [3.63, 3.8) is 0 Å². The Morgan fingerprint density at radius 3 is 2.38 bits per heavy atom. The highest BCUT2D eigenvalue weighted by molar-refractivity contribution is 8.13. The zero-order chi connectivity index (χ0) is 12.5. The van der Waals surface area contributed by atoms with Gasteiger partial charge in [0.15, 0.2) is 0 Å². The van der Waals surface area contributed by atoms with Crippen LogP contribution < -0.4 is 0 Å². The second-order valence-electron chi connectivity index (χ2n) is 2.94. The fourth-order valence-electron chi connectivity index (χ4n) is 1.27. The molecule has 0 aliphatic rings. The fraction of sp³-hybridized carbons (Fsp3) is 0.250. The first kappa shape index (κ1) is 13.2. The van der Waals surface area contributed by atoms with Gasteiger partial charge in [-0.1, -0.05) is 24.6 Å². The monoisotopic (exact) mass is 283 g/mol. The molecule has 8 heteroatoms. The predicted molar refractivity (Wildman–Crippen MR) is 60.5 cm³/mol. The topological polar surface area (TPSA) is 77.3 Å². The zero-order valence-electron chi connectivity index (χ0n) is 8.11. The molecule has 1 rings (SSSR count). The molecule has 0 fully saturated rings. The Balaban J connectivity index is 3.67. The van der Waals surface area contributed by atoms with E-state index >= 15 is 0 Å². The Labute approximate surface area is 102 Å². The molecule has 0 spiro atoms. The van der Waals surface area contributed by atoms with Crippen LogP contribution in [-0.4, -0.2) is 13.3 Å². The van der Waals surface area contributed by atoms with E-state index in [1.165, 1.54) is 6.07 Å². The number of halogens is 2. The van der Waals surface area contributed by atoms with Crippen molar-refractivity contribution in [3.8, 4) is 0 Å². The summed E-state index contributed by atoms with van der Waals surface area (Å²) >= 11 is 5.67. The van der Waals surface area contributed by atoms with E-state index < -0.39 is 24.7 Å². The molecule has 0 bridgehead atoms. The Morgan fingerprint density at radius 1 is 1.44 bits per heavy atom. The van der Waals surface area contributed by atoms with Crippen molar-refractivity contribution >= 4 is 37.0 Å². The molecular weight excluding hydrogens is 277 g/mol. The van der Waals surface area contributed by atoms with Crippen LogP contribution in [0, 0.1) is 10.1 Å². The minimum atomic E-state index is -4.10. The van der Waals surface area contributed by atoms with Gasteiger partial charge in [-0.25, -0.2) is 8.42 Å². The summed E-state index contributed by atoms with van der Waals surface area (Å²) in [5.41, 5.74) is -0.122. The molecule has 1 aromatic carbocycles. The molecule has 0 unspecified atom stereocenters. The normalized spacial score (nSPS) is 11.4. The second kappa shape index (κ2) is 4.57. The van der Waals surface area contributed by atoms with Gasteiger partial charge < -0.3 is 0 Å². The molecule has 0 radical (unpaired) electrons. The highest BCUT2D eigenvalue weighted by atomic mass is 35.7. The molecule has 88 valence electrons. The first-order chi connectivity index (χ1) is 7.29. The van der Waals surface area contributed by atoms with Crippen LogP contribution in [0.1, 0.15) is 12.5 Å². The molecule has 0 amide bonds. The maximum absolute atomic E-state index is 11.3. The number of aryl methyl sites for hydroxylation is 1. The van der Waals surface area contributed by atoms with Gasteiger partial charge in [-0.2, -0.15) is 0 Å². The van der Waals surface area contributed by atoms with Crippen molar-refractivity contribution < 1.29 is 13.3 Å². The fourth-order valence-corrected chi connectivity index (χ4v) is 3.32. The van der Waals surface area contributed by atoms with E-state index in [9.17, 15) is 18.5 Å². The lowest BCUT2D eigenvalue weighted by atomic mass is 10.1. The van der Waals surface area contributed by atoms with Crippen LogP contribution in [0.25, 0.3) is 0 Å². The van der Waals surface area contributed by atoms with Crippen molar-refractivity contribution in [2.75, 3.05) is 0 Å². The van der Waals surface area contributed by atoms with E-state index in [1.807, 2.05) is 0 Å². The van der Waals surface area contributed by atoms with Crippen molar-refractivity contribution in [1.29, 1.82) is 0 Å². The van der Waals surface area contributed by atoms with E-state index in [0.717, 1.165) is 6.07 Å². The summed E-state index contributed by atoms with van der Waals surface area (Å²) in [4.78, 5) is 9.45. The van der Waals surface area contributed by atoms with E-state index in [2.05, 4.69) is 0 Å². The van der Waals surface area contributed by atoms with Crippen LogP contribution in [0.2, 0.25) is 5.02 Å². The molecule has 0 saturated heterocycles. The first-order valence-corrected chi connectivity index (χ1v) is 6.88. The molecule has 5 nitrogen and oxygen atoms in total. The average molecular weight is 284 g/mol. The maximum atomic E-state index is 11.3. The van der Waals surface area contributed by atoms with Gasteiger partial charge in [0.2, 0.25) is 0 Å². The minimum Gasteiger partial charge on any atom is -0.258 e. The highest BCUT2D eigenvalue weighted by Gasteiger charge is 2.26. The van der Waals surface area contributed by atoms with E-state index in [4.69, 9.17) is 22.3 Å². The summed E-state index contributed by atoms with van der Waals surface area (Å²) in [5, 5.41) is 10.1. The Kier molecular flexibility index (Phi) is 3.77. The van der Waals surface area contributed by atoms with E-state index in [1.54, 1.807) is 6.92 Å². The van der Waals surface area contributed by atoms with Crippen LogP contribution in [0.15, 0.2) is 17.0 Å². The smallest absolute Gasteiger partial charge is 0.258 e. The third kappa shape index (κ3) is 2.45. The van der Waals surface area contributed by atoms with Crippen LogP contribution in [0.3, 0.4) is 0 Å². The number of nitrogens with zero attached hydrogens (tertiary/aromatic N) is 1. The Morgan fingerprint density at radius 2 is 2.00 bits per heavy atom. The standard InChI is InChI=1S/C8H7Cl2NO4S/c1-2-5-3-4-6(11(12)13)7(9)8(5)16(10,14)15/h3-4H,2H2,1H3. The molecule has 1 aromatic rings. The van der Waals surface area contributed by atoms with Crippen LogP contribution >= 0.6 is 22.3 Å². The molecule has 0 aliphatic heterocycles. The minimum absolute atomic E-state index is 0.352. The third-order valence-electron chi connectivity index (χ3n) is 1.98. The van der Waals surface area contributed by atoms with Crippen molar-refractivity contribution in [2.24, 2.45) is 0 Å². The predicted octanol–water partition coefficient (Wildman–Crippen LogP) is 2.74. The SMILES string of the molecule is CCc1ccc([N+](=O)[O-])c(Cl)c1S(=O)(=O)Cl. The largest absolute Gasteiger partial charge is 0.289 e. The van der Waals surface area contributed by atoms with Crippen LogP contribution in [0.4, 0.5) is 5.69 Å². The molecule has 16 heavy (non-hydrogen) atoms. The summed E-state index contributed by atoms with van der Waals surface area (Å²) < 4.78 is 22.5. The maximum Gasteiger partial charge on any atom is 0.289 e. The summed E-state index contributed by atoms with van der Waals surface area (Å²) in [6, 6.07) is 2.49. The van der Waals surface area contributed by atoms with Gasteiger partial charge in [0.05, 0.1) is 4.92 Å². The summed E-state index contributed by atoms with van der Waals surface area (Å²) in [7, 11) is 1.09. The van der Waals surface area contributed by atoms with E-state index in [-0.39, 0.29) is 4.90 Å². The van der Waals surface area contributed by atoms with Crippen molar-refractivity contribution in [1.82, 2.24) is 0 Å². The molecule has 0 atom stereocenters. The van der Waals surface area contributed by atoms with Crippen LogP contribution in [0.5, 0.6) is 0 Å². The Bertz CT molecular complexity index is 541. The second-order valence-corrected chi connectivity index (χ2v) is 5.82. The number of hydrogen-bond donors (Lipinski definition) is 0. The molecular formula is C8H7Cl2NO4S. The van der Waals surface area contributed by atoms with Gasteiger partial charge in [0.1, 0.15) is 9.92 Å². The van der Waals surface area contributed by atoms with Gasteiger partial charge >= 0.3 is 0 Å². The number of benzene rings is 1. The summed E-state index contributed by atoms with van der Waals surface area (Å²) in [6.45, 7) is 1.70. The summed E-state index contributed by atoms with van der Waals surface area (Å²) in [5.74, 6) is 0. The van der Waals surface area contributed by atoms with Gasteiger partial charge in [-0.05, 0) is 12.0 Å². The number of hydrogen-bond acceptors (Lipinski definition) is 4. The Hall–Kier alpha value is -0.850.